The van der Waals surface area contributed by atoms with Crippen molar-refractivity contribution in [3.63, 3.8) is 0 Å². The molecule has 0 aromatic carbocycles. The van der Waals surface area contributed by atoms with E-state index < -0.39 is 24.6 Å². The molecular formula is C8H16O5S. The van der Waals surface area contributed by atoms with Crippen LogP contribution < -0.4 is 0 Å². The first kappa shape index (κ1) is 12.2. The Morgan fingerprint density at radius 3 is 2.71 bits per heavy atom. The summed E-state index contributed by atoms with van der Waals surface area (Å²) in [5, 5.41) is 27.6. The van der Waals surface area contributed by atoms with Crippen molar-refractivity contribution in [3.8, 4) is 0 Å². The molecule has 4 atom stereocenters. The second-order valence-corrected chi connectivity index (χ2v) is 3.62. The van der Waals surface area contributed by atoms with Gasteiger partial charge in [0.25, 0.3) is 0 Å². The van der Waals surface area contributed by atoms with Crippen molar-refractivity contribution in [1.29, 1.82) is 0 Å². The molecule has 1 saturated heterocycles. The Bertz CT molecular complexity index is 168. The summed E-state index contributed by atoms with van der Waals surface area (Å²) in [6, 6.07) is 0. The molecule has 1 rings (SSSR count). The smallest absolute Gasteiger partial charge is 0.160 e. The van der Waals surface area contributed by atoms with Gasteiger partial charge in [-0.25, -0.2) is 0 Å². The SMILES string of the molecule is OC[C@H]1O[C@@H](OCCS)C[C@@H](O)[C@@H]1O. The van der Waals surface area contributed by atoms with Gasteiger partial charge in [0.1, 0.15) is 12.2 Å². The molecule has 14 heavy (non-hydrogen) atoms. The van der Waals surface area contributed by atoms with E-state index in [1.165, 1.54) is 0 Å². The van der Waals surface area contributed by atoms with Gasteiger partial charge in [-0.3, -0.25) is 0 Å². The molecule has 1 aliphatic rings. The maximum absolute atomic E-state index is 9.41. The molecule has 1 fully saturated rings. The van der Waals surface area contributed by atoms with Crippen molar-refractivity contribution < 1.29 is 24.8 Å². The number of thiol groups is 1. The van der Waals surface area contributed by atoms with Crippen molar-refractivity contribution in [2.45, 2.75) is 31.0 Å². The summed E-state index contributed by atoms with van der Waals surface area (Å²) < 4.78 is 10.4. The van der Waals surface area contributed by atoms with E-state index in [1.54, 1.807) is 0 Å². The third kappa shape index (κ3) is 3.08. The molecule has 0 spiro atoms. The van der Waals surface area contributed by atoms with Crippen molar-refractivity contribution in [2.24, 2.45) is 0 Å². The van der Waals surface area contributed by atoms with Crippen LogP contribution in [0.2, 0.25) is 0 Å². The van der Waals surface area contributed by atoms with Gasteiger partial charge in [-0.05, 0) is 0 Å². The minimum absolute atomic E-state index is 0.214. The molecule has 0 amide bonds. The fraction of sp³-hybridized carbons (Fsp3) is 1.00. The minimum atomic E-state index is -1.05. The van der Waals surface area contributed by atoms with Gasteiger partial charge in [-0.15, -0.1) is 0 Å². The molecule has 84 valence electrons. The molecule has 0 bridgehead atoms. The highest BCUT2D eigenvalue weighted by molar-refractivity contribution is 7.80. The summed E-state index contributed by atoms with van der Waals surface area (Å²) in [5.74, 6) is 0.558. The summed E-state index contributed by atoms with van der Waals surface area (Å²) >= 11 is 3.96. The fourth-order valence-electron chi connectivity index (χ4n) is 1.36. The van der Waals surface area contributed by atoms with E-state index in [0.29, 0.717) is 12.4 Å². The Labute approximate surface area is 88.1 Å². The van der Waals surface area contributed by atoms with E-state index in [4.69, 9.17) is 14.6 Å². The molecule has 0 aromatic rings. The second kappa shape index (κ2) is 5.89. The van der Waals surface area contributed by atoms with Crippen molar-refractivity contribution in [2.75, 3.05) is 19.0 Å². The molecule has 1 heterocycles. The van der Waals surface area contributed by atoms with Gasteiger partial charge in [0.05, 0.1) is 19.3 Å². The number of hydrogen-bond donors (Lipinski definition) is 4. The zero-order chi connectivity index (χ0) is 10.6. The highest BCUT2D eigenvalue weighted by Crippen LogP contribution is 2.20. The van der Waals surface area contributed by atoms with Gasteiger partial charge in [-0.1, -0.05) is 0 Å². The van der Waals surface area contributed by atoms with Crippen LogP contribution in [0.15, 0.2) is 0 Å². The number of hydrogen-bond acceptors (Lipinski definition) is 6. The number of aliphatic hydroxyl groups excluding tert-OH is 3. The number of aliphatic hydroxyl groups is 3. The van der Waals surface area contributed by atoms with Gasteiger partial charge in [0, 0.05) is 12.2 Å². The standard InChI is InChI=1S/C8H16O5S/c9-4-6-8(11)5(10)3-7(13-6)12-1-2-14/h5-11,14H,1-4H2/t5-,6-,7-,8+/m1/s1. The first-order valence-electron chi connectivity index (χ1n) is 4.54. The van der Waals surface area contributed by atoms with Crippen molar-refractivity contribution >= 4 is 12.6 Å². The highest BCUT2D eigenvalue weighted by Gasteiger charge is 2.36. The Hall–Kier alpha value is 0.150. The first-order chi connectivity index (χ1) is 6.69. The predicted octanol–water partition coefficient (Wildman–Crippen LogP) is -1.24. The molecule has 1 aliphatic heterocycles. The van der Waals surface area contributed by atoms with Crippen LogP contribution in [0.25, 0.3) is 0 Å². The Kier molecular flexibility index (Phi) is 5.14. The predicted molar refractivity (Wildman–Crippen MR) is 52.2 cm³/mol. The molecule has 0 aromatic heterocycles. The summed E-state index contributed by atoms with van der Waals surface area (Å²) in [4.78, 5) is 0. The van der Waals surface area contributed by atoms with Crippen LogP contribution in [-0.4, -0.2) is 58.9 Å². The van der Waals surface area contributed by atoms with Crippen molar-refractivity contribution in [1.82, 2.24) is 0 Å². The molecule has 0 unspecified atom stereocenters. The molecule has 0 aliphatic carbocycles. The average Bonchev–Trinajstić information content (AvgIpc) is 2.19. The molecule has 0 radical (unpaired) electrons. The number of rotatable bonds is 4. The van der Waals surface area contributed by atoms with Gasteiger partial charge < -0.3 is 24.8 Å². The summed E-state index contributed by atoms with van der Waals surface area (Å²) in [6.07, 6.45) is -3.09. The van der Waals surface area contributed by atoms with Crippen LogP contribution >= 0.6 is 12.6 Å². The third-order valence-corrected chi connectivity index (χ3v) is 2.29. The minimum Gasteiger partial charge on any atom is -0.394 e. The zero-order valence-corrected chi connectivity index (χ0v) is 8.64. The first-order valence-corrected chi connectivity index (χ1v) is 5.17. The summed E-state index contributed by atoms with van der Waals surface area (Å²) in [6.45, 7) is 0.0771. The van der Waals surface area contributed by atoms with Crippen LogP contribution in [0.4, 0.5) is 0 Å². The monoisotopic (exact) mass is 224 g/mol. The molecule has 3 N–H and O–H groups in total. The largest absolute Gasteiger partial charge is 0.394 e. The topological polar surface area (TPSA) is 79.2 Å². The number of ether oxygens (including phenoxy) is 2. The van der Waals surface area contributed by atoms with Gasteiger partial charge in [0.15, 0.2) is 6.29 Å². The molecule has 0 saturated carbocycles. The van der Waals surface area contributed by atoms with E-state index in [1.807, 2.05) is 0 Å². The van der Waals surface area contributed by atoms with Crippen LogP contribution in [0, 0.1) is 0 Å². The quantitative estimate of drug-likeness (QED) is 0.449. The zero-order valence-electron chi connectivity index (χ0n) is 7.74. The normalized spacial score (nSPS) is 38.6. The van der Waals surface area contributed by atoms with E-state index in [9.17, 15) is 10.2 Å². The Balaban J connectivity index is 2.41. The maximum atomic E-state index is 9.41. The Morgan fingerprint density at radius 2 is 2.14 bits per heavy atom. The lowest BCUT2D eigenvalue weighted by atomic mass is 10.0. The lowest BCUT2D eigenvalue weighted by Crippen LogP contribution is -2.50. The van der Waals surface area contributed by atoms with Gasteiger partial charge in [0.2, 0.25) is 0 Å². The lowest BCUT2D eigenvalue weighted by molar-refractivity contribution is -0.255. The van der Waals surface area contributed by atoms with Crippen LogP contribution in [-0.2, 0) is 9.47 Å². The van der Waals surface area contributed by atoms with E-state index in [2.05, 4.69) is 12.6 Å². The second-order valence-electron chi connectivity index (χ2n) is 3.17. The molecule has 6 heteroatoms. The summed E-state index contributed by atoms with van der Waals surface area (Å²) in [7, 11) is 0. The van der Waals surface area contributed by atoms with Crippen molar-refractivity contribution in [3.05, 3.63) is 0 Å². The lowest BCUT2D eigenvalue weighted by Gasteiger charge is -2.35. The Morgan fingerprint density at radius 1 is 1.43 bits per heavy atom. The average molecular weight is 224 g/mol. The summed E-state index contributed by atoms with van der Waals surface area (Å²) in [5.41, 5.74) is 0. The van der Waals surface area contributed by atoms with Gasteiger partial charge in [-0.2, -0.15) is 12.6 Å². The van der Waals surface area contributed by atoms with Gasteiger partial charge >= 0.3 is 0 Å². The van der Waals surface area contributed by atoms with E-state index in [-0.39, 0.29) is 13.0 Å². The van der Waals surface area contributed by atoms with Crippen LogP contribution in [0.3, 0.4) is 0 Å². The van der Waals surface area contributed by atoms with E-state index >= 15 is 0 Å². The van der Waals surface area contributed by atoms with Crippen LogP contribution in [0.5, 0.6) is 0 Å². The molecular weight excluding hydrogens is 208 g/mol. The maximum Gasteiger partial charge on any atom is 0.160 e. The third-order valence-electron chi connectivity index (χ3n) is 2.11. The van der Waals surface area contributed by atoms with Crippen LogP contribution in [0.1, 0.15) is 6.42 Å². The van der Waals surface area contributed by atoms with E-state index in [0.717, 1.165) is 0 Å². The fourth-order valence-corrected chi connectivity index (χ4v) is 1.46. The highest BCUT2D eigenvalue weighted by atomic mass is 32.1. The molecule has 5 nitrogen and oxygen atoms in total.